The molecular formula is C27H30N7O5P. The molecule has 5 N–H and O–H groups in total. The number of nitrogens with zero attached hydrogens (tertiary/aromatic N) is 4. The highest BCUT2D eigenvalue weighted by Gasteiger charge is 2.31. The Labute approximate surface area is 232 Å². The van der Waals surface area contributed by atoms with Crippen LogP contribution in [0.3, 0.4) is 0 Å². The van der Waals surface area contributed by atoms with Crippen LogP contribution in [0.2, 0.25) is 0 Å². The van der Waals surface area contributed by atoms with Crippen molar-refractivity contribution in [2.45, 2.75) is 31.5 Å². The Morgan fingerprint density at radius 3 is 2.60 bits per heavy atom. The molecule has 12 nitrogen and oxygen atoms in total. The maximum atomic E-state index is 13.1. The Morgan fingerprint density at radius 2 is 1.85 bits per heavy atom. The van der Waals surface area contributed by atoms with Gasteiger partial charge in [-0.15, -0.1) is 0 Å². The van der Waals surface area contributed by atoms with Gasteiger partial charge in [-0.3, -0.25) is 19.2 Å². The molecule has 0 saturated carbocycles. The number of carbonyl (C=O) groups excluding carboxylic acids is 1. The highest BCUT2D eigenvalue weighted by Crippen LogP contribution is 2.40. The summed E-state index contributed by atoms with van der Waals surface area (Å²) < 4.78 is 28.2. The summed E-state index contributed by atoms with van der Waals surface area (Å²) in [6, 6.07) is 16.8. The summed E-state index contributed by atoms with van der Waals surface area (Å²) in [5.41, 5.74) is 10.9. The molecule has 1 aliphatic carbocycles. The molecule has 13 heteroatoms. The van der Waals surface area contributed by atoms with Crippen molar-refractivity contribution in [3.63, 3.8) is 0 Å². The van der Waals surface area contributed by atoms with Gasteiger partial charge in [0.15, 0.2) is 11.5 Å². The molecule has 2 heterocycles. The molecule has 0 fully saturated rings. The topological polar surface area (TPSA) is 167 Å². The molecule has 0 spiro atoms. The Morgan fingerprint density at radius 1 is 1.12 bits per heavy atom. The van der Waals surface area contributed by atoms with Gasteiger partial charge in [-0.1, -0.05) is 72.8 Å². The van der Waals surface area contributed by atoms with Crippen LogP contribution in [0.1, 0.15) is 25.0 Å². The van der Waals surface area contributed by atoms with E-state index in [0.29, 0.717) is 23.1 Å². The first-order chi connectivity index (χ1) is 19.8. The largest absolute Gasteiger partial charge is 0.432 e. The number of nitrogens with one attached hydrogen (secondary N) is 2. The normalized spacial score (nSPS) is 20.1. The summed E-state index contributed by atoms with van der Waals surface area (Å²) in [7, 11) is -4.52. The second-order valence-electron chi connectivity index (χ2n) is 9.33. The molecule has 0 aliphatic heterocycles. The predicted molar refractivity (Wildman–Crippen MR) is 148 cm³/mol. The second-order valence-corrected chi connectivity index (χ2v) is 10.9. The lowest BCUT2D eigenvalue weighted by atomic mass is 10.1. The number of hydrogen-bond acceptors (Lipinski definition) is 9. The molecule has 4 aromatic rings. The molecule has 2 unspecified atom stereocenters. The van der Waals surface area contributed by atoms with Crippen molar-refractivity contribution < 1.29 is 25.0 Å². The Kier molecular flexibility index (Phi) is 8.22. The Balaban J connectivity index is 1.18. The number of hydroxylamine groups is 1. The summed E-state index contributed by atoms with van der Waals surface area (Å²) >= 11 is 0. The highest BCUT2D eigenvalue weighted by atomic mass is 31.2. The summed E-state index contributed by atoms with van der Waals surface area (Å²) in [5.74, 6) is -0.705. The van der Waals surface area contributed by atoms with Gasteiger partial charge >= 0.3 is 7.75 Å². The molecular weight excluding hydrogens is 533 g/mol. The van der Waals surface area contributed by atoms with Gasteiger partial charge in [0.05, 0.1) is 26.9 Å². The number of amides is 1. The maximum Gasteiger partial charge on any atom is 0.432 e. The third-order valence-corrected chi connectivity index (χ3v) is 7.42. The van der Waals surface area contributed by atoms with E-state index >= 15 is 0 Å². The van der Waals surface area contributed by atoms with Crippen LogP contribution in [0.25, 0.3) is 11.2 Å². The minimum atomic E-state index is -4.52. The summed E-state index contributed by atoms with van der Waals surface area (Å²) in [6.45, 7) is -1.21. The smallest absolute Gasteiger partial charge is 0.382 e. The van der Waals surface area contributed by atoms with Crippen molar-refractivity contribution in [2.24, 2.45) is 5.92 Å². The third-order valence-electron chi connectivity index (χ3n) is 6.41. The molecule has 0 saturated heterocycles. The summed E-state index contributed by atoms with van der Waals surface area (Å²) in [5, 5.41) is 2.11. The Hall–Kier alpha value is -3.93. The lowest BCUT2D eigenvalue weighted by Gasteiger charge is -2.21. The van der Waals surface area contributed by atoms with Gasteiger partial charge in [-0.25, -0.2) is 19.5 Å². The number of aromatic nitrogens is 4. The fourth-order valence-corrected chi connectivity index (χ4v) is 5.29. The number of hydrogen-bond donors (Lipinski definition) is 4. The highest BCUT2D eigenvalue weighted by molar-refractivity contribution is 7.51. The van der Waals surface area contributed by atoms with Crippen molar-refractivity contribution >= 4 is 30.6 Å². The van der Waals surface area contributed by atoms with Crippen LogP contribution >= 0.6 is 7.75 Å². The van der Waals surface area contributed by atoms with Crippen LogP contribution in [0.4, 0.5) is 5.82 Å². The first-order valence-electron chi connectivity index (χ1n) is 13.2. The van der Waals surface area contributed by atoms with E-state index in [2.05, 4.69) is 25.5 Å². The molecule has 1 amide bonds. The number of anilines is 1. The van der Waals surface area contributed by atoms with Crippen LogP contribution in [-0.2, 0) is 31.7 Å². The lowest BCUT2D eigenvalue weighted by Crippen LogP contribution is -2.44. The number of carbonyl (C=O) groups is 1. The predicted octanol–water partition coefficient (Wildman–Crippen LogP) is 3.09. The van der Waals surface area contributed by atoms with Crippen LogP contribution < -0.4 is 16.3 Å². The van der Waals surface area contributed by atoms with Gasteiger partial charge < -0.3 is 15.2 Å². The maximum absolute atomic E-state index is 13.1. The molecule has 1 aliphatic rings. The summed E-state index contributed by atoms with van der Waals surface area (Å²) in [6.07, 6.45) is 7.54. The molecule has 2 aromatic heterocycles. The number of benzene rings is 2. The van der Waals surface area contributed by atoms with Crippen molar-refractivity contribution in [3.05, 3.63) is 96.6 Å². The number of rotatable bonds is 12. The van der Waals surface area contributed by atoms with Crippen LogP contribution in [0, 0.1) is 5.92 Å². The van der Waals surface area contributed by atoms with Crippen molar-refractivity contribution in [3.8, 4) is 0 Å². The van der Waals surface area contributed by atoms with Crippen LogP contribution in [0.15, 0.2) is 85.5 Å². The zero-order valence-electron chi connectivity index (χ0n) is 22.4. The van der Waals surface area contributed by atoms with E-state index in [9.17, 15) is 14.3 Å². The number of nitrogens with two attached hydrogens (primary N) is 1. The molecule has 0 radical (unpaired) electrons. The fraction of sp³-hybridized carbons (Fsp3) is 0.259. The molecule has 5 rings (SSSR count). The van der Waals surface area contributed by atoms with Gasteiger partial charge in [0.1, 0.15) is 17.9 Å². The van der Waals surface area contributed by atoms with E-state index in [0.717, 1.165) is 5.56 Å². The monoisotopic (exact) mass is 564 g/mol. The van der Waals surface area contributed by atoms with Crippen molar-refractivity contribution in [1.82, 2.24) is 30.1 Å². The van der Waals surface area contributed by atoms with Crippen LogP contribution in [0.5, 0.6) is 0 Å². The number of fused-ring (bicyclic) bond motifs is 1. The van der Waals surface area contributed by atoms with Crippen LogP contribution in [-0.4, -0.2) is 43.0 Å². The molecule has 5 atom stereocenters. The van der Waals surface area contributed by atoms with E-state index in [-0.39, 0.29) is 30.8 Å². The number of allylic oxidation sites excluding steroid dienone is 1. The Bertz CT molecular complexity index is 1560. The fourth-order valence-electron chi connectivity index (χ4n) is 4.40. The number of imidazole rings is 1. The average molecular weight is 565 g/mol. The number of nitrogen functional groups attached to an aromatic ring is 1. The van der Waals surface area contributed by atoms with Gasteiger partial charge in [0.2, 0.25) is 5.91 Å². The molecule has 40 heavy (non-hydrogen) atoms. The molecule has 0 bridgehead atoms. The van der Waals surface area contributed by atoms with Crippen molar-refractivity contribution in [2.75, 3.05) is 12.3 Å². The van der Waals surface area contributed by atoms with Gasteiger partial charge in [-0.05, 0) is 24.0 Å². The van der Waals surface area contributed by atoms with E-state index in [4.69, 9.17) is 16.5 Å². The standard InChI is InChI=1S/C27H30N7O5P/c28-25-24-26(30-17-29-25)34(18-31-24)22-12-11-21(13-22)16-39-40(36,37)33-27(35)23(14-19-7-3-1-4-8-19)32-38-15-20-9-5-2-6-10-20/h1-12,17-18,21-23,32H,13-16H2,(H2,28,29,30)(H2,33,35,36,37)/t21-,22+,23-/m0/s1/i15D/t15?,21-,22+,23-. The first kappa shape index (κ1) is 26.3. The first-order valence-corrected chi connectivity index (χ1v) is 14.2. The molecule has 208 valence electrons. The zero-order valence-corrected chi connectivity index (χ0v) is 22.3. The SMILES string of the molecule is [2H]C(ON[C@@H](Cc1ccccc1)C(=O)NP(=O)(O)OC[C@H]1C=C[C@@H](n2cnc3c(N)ncnc32)C1)c1ccccc1. The third kappa shape index (κ3) is 6.98. The summed E-state index contributed by atoms with van der Waals surface area (Å²) in [4.78, 5) is 41.5. The molecule has 2 aromatic carbocycles. The zero-order chi connectivity index (χ0) is 28.8. The second kappa shape index (κ2) is 12.5. The van der Waals surface area contributed by atoms with Gasteiger partial charge in [0.25, 0.3) is 0 Å². The van der Waals surface area contributed by atoms with E-state index in [1.807, 2.05) is 53.1 Å². The minimum Gasteiger partial charge on any atom is -0.382 e. The van der Waals surface area contributed by atoms with E-state index in [1.54, 1.807) is 30.6 Å². The van der Waals surface area contributed by atoms with Gasteiger partial charge in [-0.2, -0.15) is 5.48 Å². The average Bonchev–Trinajstić information content (AvgIpc) is 3.63. The van der Waals surface area contributed by atoms with Gasteiger partial charge in [0, 0.05) is 5.92 Å². The minimum absolute atomic E-state index is 0.0963. The van der Waals surface area contributed by atoms with E-state index < -0.39 is 26.3 Å². The van der Waals surface area contributed by atoms with E-state index in [1.165, 1.54) is 6.33 Å². The quantitative estimate of drug-likeness (QED) is 0.114. The lowest BCUT2D eigenvalue weighted by molar-refractivity contribution is -0.126. The van der Waals surface area contributed by atoms with Crippen molar-refractivity contribution in [1.29, 1.82) is 0 Å².